The molecule has 7 rings (SSSR count). The van der Waals surface area contributed by atoms with Gasteiger partial charge in [-0.2, -0.15) is 0 Å². The molecule has 144 valence electrons. The molecule has 0 aromatic heterocycles. The number of hydrogen-bond acceptors (Lipinski definition) is 2. The molecule has 1 saturated heterocycles. The summed E-state index contributed by atoms with van der Waals surface area (Å²) in [6.07, 6.45) is -0.207. The summed E-state index contributed by atoms with van der Waals surface area (Å²) in [4.78, 5) is 15.7. The van der Waals surface area contributed by atoms with E-state index in [1.54, 1.807) is 7.11 Å². The number of benzene rings is 3. The fourth-order valence-electron chi connectivity index (χ4n) is 6.13. The molecule has 0 saturated carbocycles. The number of likely N-dealkylation sites (tertiary alicyclic amines) is 1. The van der Waals surface area contributed by atoms with Gasteiger partial charge in [0.25, 0.3) is 0 Å². The molecule has 3 heteroatoms. The van der Waals surface area contributed by atoms with Crippen LogP contribution in [0, 0.1) is 11.8 Å². The van der Waals surface area contributed by atoms with E-state index in [1.807, 2.05) is 23.1 Å². The number of carbonyl (C=O) groups is 1. The minimum absolute atomic E-state index is 0.0570. The second-order valence-electron chi connectivity index (χ2n) is 8.39. The van der Waals surface area contributed by atoms with Gasteiger partial charge in [0.1, 0.15) is 6.23 Å². The maximum Gasteiger partial charge on any atom is 0.229 e. The van der Waals surface area contributed by atoms with Crippen LogP contribution in [0.15, 0.2) is 78.9 Å². The number of carbonyl (C=O) groups excluding carboxylic acids is 1. The lowest BCUT2D eigenvalue weighted by molar-refractivity contribution is -0.138. The maximum absolute atomic E-state index is 13.8. The number of ether oxygens (including phenoxy) is 1. The zero-order valence-electron chi connectivity index (χ0n) is 16.4. The number of nitrogens with zero attached hydrogens (tertiary/aromatic N) is 1. The first-order chi connectivity index (χ1) is 14.3. The lowest BCUT2D eigenvalue weighted by atomic mass is 9.55. The molecule has 1 amide bonds. The molecule has 0 unspecified atom stereocenters. The van der Waals surface area contributed by atoms with Gasteiger partial charge in [-0.3, -0.25) is 4.79 Å². The molecular weight excluding hydrogens is 358 g/mol. The third-order valence-corrected chi connectivity index (χ3v) is 7.13. The summed E-state index contributed by atoms with van der Waals surface area (Å²) >= 11 is 0. The van der Waals surface area contributed by atoms with Crippen molar-refractivity contribution in [2.75, 3.05) is 7.11 Å². The molecule has 4 aliphatic rings. The molecule has 3 nitrogen and oxygen atoms in total. The minimum Gasteiger partial charge on any atom is -0.361 e. The Bertz CT molecular complexity index is 1050. The molecule has 0 N–H and O–H groups in total. The Kier molecular flexibility index (Phi) is 3.69. The molecule has 0 spiro atoms. The number of hydrogen-bond donors (Lipinski definition) is 0. The van der Waals surface area contributed by atoms with Gasteiger partial charge in [0, 0.05) is 31.4 Å². The Balaban J connectivity index is 1.51. The summed E-state index contributed by atoms with van der Waals surface area (Å²) in [6, 6.07) is 27.6. The molecule has 3 aromatic carbocycles. The first kappa shape index (κ1) is 17.0. The fraction of sp³-hybridized carbons (Fsp3) is 0.269. The van der Waals surface area contributed by atoms with E-state index in [2.05, 4.69) is 60.7 Å². The van der Waals surface area contributed by atoms with E-state index in [1.165, 1.54) is 22.3 Å². The van der Waals surface area contributed by atoms with Crippen LogP contribution in [0.3, 0.4) is 0 Å². The lowest BCUT2D eigenvalue weighted by Gasteiger charge is -2.47. The standard InChI is InChI=1S/C26H23NO2/c1-29-26-24-22-19-13-7-5-11-17(19)21(18-12-6-8-14-20(18)22)23(24)25(28)27(26)15-16-9-3-2-4-10-16/h2-14,21-24,26H,15H2,1H3/t21?,22?,23-,24+,26-/m1/s1. The van der Waals surface area contributed by atoms with Gasteiger partial charge >= 0.3 is 0 Å². The Hall–Kier alpha value is -2.91. The highest BCUT2D eigenvalue weighted by Crippen LogP contribution is 2.62. The molecule has 29 heavy (non-hydrogen) atoms. The van der Waals surface area contributed by atoms with Crippen molar-refractivity contribution in [1.29, 1.82) is 0 Å². The first-order valence-corrected chi connectivity index (χ1v) is 10.3. The fourth-order valence-corrected chi connectivity index (χ4v) is 6.13. The molecule has 3 aromatic rings. The number of amides is 1. The van der Waals surface area contributed by atoms with Gasteiger partial charge in [-0.1, -0.05) is 78.9 Å². The average Bonchev–Trinajstić information content (AvgIpc) is 3.06. The Labute approximate surface area is 170 Å². The van der Waals surface area contributed by atoms with Crippen LogP contribution in [0.4, 0.5) is 0 Å². The zero-order chi connectivity index (χ0) is 19.5. The van der Waals surface area contributed by atoms with Gasteiger partial charge in [-0.15, -0.1) is 0 Å². The smallest absolute Gasteiger partial charge is 0.229 e. The van der Waals surface area contributed by atoms with Gasteiger partial charge in [-0.05, 0) is 27.8 Å². The Morgan fingerprint density at radius 2 is 1.28 bits per heavy atom. The largest absolute Gasteiger partial charge is 0.361 e. The van der Waals surface area contributed by atoms with Crippen LogP contribution in [-0.2, 0) is 16.1 Å². The monoisotopic (exact) mass is 381 g/mol. The van der Waals surface area contributed by atoms with Crippen molar-refractivity contribution >= 4 is 5.91 Å². The van der Waals surface area contributed by atoms with Crippen LogP contribution in [-0.4, -0.2) is 24.1 Å². The lowest BCUT2D eigenvalue weighted by Crippen LogP contribution is -2.43. The van der Waals surface area contributed by atoms with E-state index in [0.29, 0.717) is 6.54 Å². The van der Waals surface area contributed by atoms with Crippen LogP contribution in [0.1, 0.15) is 39.7 Å². The second kappa shape index (κ2) is 6.30. The van der Waals surface area contributed by atoms with Crippen molar-refractivity contribution in [2.24, 2.45) is 11.8 Å². The third-order valence-electron chi connectivity index (χ3n) is 7.13. The van der Waals surface area contributed by atoms with Crippen molar-refractivity contribution < 1.29 is 9.53 Å². The summed E-state index contributed by atoms with van der Waals surface area (Å²) < 4.78 is 6.02. The SMILES string of the molecule is CO[C@@H]1[C@H]2C3c4ccccc4C(c4ccccc43)[C@H]2C(=O)N1Cc1ccccc1. The highest BCUT2D eigenvalue weighted by molar-refractivity contribution is 5.86. The summed E-state index contributed by atoms with van der Waals surface area (Å²) in [5, 5.41) is 0. The van der Waals surface area contributed by atoms with E-state index in [9.17, 15) is 4.79 Å². The van der Waals surface area contributed by atoms with Crippen molar-refractivity contribution in [1.82, 2.24) is 4.90 Å². The maximum atomic E-state index is 13.8. The quantitative estimate of drug-likeness (QED) is 0.667. The number of rotatable bonds is 3. The van der Waals surface area contributed by atoms with Gasteiger partial charge in [0.05, 0.1) is 5.92 Å². The van der Waals surface area contributed by atoms with Gasteiger partial charge in [0.2, 0.25) is 5.91 Å². The van der Waals surface area contributed by atoms with Gasteiger partial charge in [-0.25, -0.2) is 0 Å². The zero-order valence-corrected chi connectivity index (χ0v) is 16.4. The summed E-state index contributed by atoms with van der Waals surface area (Å²) in [6.45, 7) is 0.595. The van der Waals surface area contributed by atoms with Crippen LogP contribution >= 0.6 is 0 Å². The van der Waals surface area contributed by atoms with E-state index in [0.717, 1.165) is 5.56 Å². The summed E-state index contributed by atoms with van der Waals surface area (Å²) in [5.74, 6) is 0.629. The van der Waals surface area contributed by atoms with Crippen molar-refractivity contribution in [3.8, 4) is 0 Å². The molecule has 2 bridgehead atoms. The van der Waals surface area contributed by atoms with E-state index < -0.39 is 0 Å². The molecule has 3 atom stereocenters. The summed E-state index contributed by atoms with van der Waals surface area (Å²) in [5.41, 5.74) is 6.52. The van der Waals surface area contributed by atoms with E-state index in [4.69, 9.17) is 4.74 Å². The molecule has 3 aliphatic carbocycles. The molecule has 0 radical (unpaired) electrons. The Morgan fingerprint density at radius 1 is 0.759 bits per heavy atom. The first-order valence-electron chi connectivity index (χ1n) is 10.3. The predicted octanol–water partition coefficient (Wildman–Crippen LogP) is 4.52. The van der Waals surface area contributed by atoms with Crippen LogP contribution in [0.5, 0.6) is 0 Å². The van der Waals surface area contributed by atoms with E-state index >= 15 is 0 Å². The van der Waals surface area contributed by atoms with Crippen LogP contribution in [0.2, 0.25) is 0 Å². The number of methoxy groups -OCH3 is 1. The van der Waals surface area contributed by atoms with Crippen molar-refractivity contribution in [3.05, 3.63) is 107 Å². The predicted molar refractivity (Wildman–Crippen MR) is 111 cm³/mol. The molecule has 1 heterocycles. The van der Waals surface area contributed by atoms with Crippen molar-refractivity contribution in [2.45, 2.75) is 24.6 Å². The van der Waals surface area contributed by atoms with Crippen LogP contribution < -0.4 is 0 Å². The highest BCUT2D eigenvalue weighted by atomic mass is 16.5. The topological polar surface area (TPSA) is 29.5 Å². The molecule has 1 fully saturated rings. The van der Waals surface area contributed by atoms with Crippen molar-refractivity contribution in [3.63, 3.8) is 0 Å². The third kappa shape index (κ3) is 2.25. The second-order valence-corrected chi connectivity index (χ2v) is 8.39. The normalized spacial score (nSPS) is 28.8. The average molecular weight is 381 g/mol. The van der Waals surface area contributed by atoms with Gasteiger partial charge < -0.3 is 9.64 Å². The van der Waals surface area contributed by atoms with Crippen LogP contribution in [0.25, 0.3) is 0 Å². The van der Waals surface area contributed by atoms with E-state index in [-0.39, 0.29) is 35.8 Å². The van der Waals surface area contributed by atoms with Gasteiger partial charge in [0.15, 0.2) is 0 Å². The minimum atomic E-state index is -0.207. The molecular formula is C26H23NO2. The summed E-state index contributed by atoms with van der Waals surface area (Å²) in [7, 11) is 1.75. The molecule has 1 aliphatic heterocycles. The highest BCUT2D eigenvalue weighted by Gasteiger charge is 2.61. The Morgan fingerprint density at radius 3 is 1.83 bits per heavy atom.